The van der Waals surface area contributed by atoms with Crippen LogP contribution in [0.15, 0.2) is 83.5 Å². The van der Waals surface area contributed by atoms with Crippen LogP contribution < -0.4 is 10.1 Å². The van der Waals surface area contributed by atoms with E-state index in [1.807, 2.05) is 31.3 Å². The van der Waals surface area contributed by atoms with Crippen molar-refractivity contribution in [2.45, 2.75) is 20.1 Å². The van der Waals surface area contributed by atoms with Crippen molar-refractivity contribution in [1.29, 1.82) is 0 Å². The molecular formula is C25H21BrN4O4. The van der Waals surface area contributed by atoms with Gasteiger partial charge in [0.1, 0.15) is 12.4 Å². The zero-order valence-corrected chi connectivity index (χ0v) is 19.9. The Balaban J connectivity index is 1.38. The highest BCUT2D eigenvalue weighted by molar-refractivity contribution is 9.10. The number of carbonyl (C=O) groups excluding carboxylic acids is 1. The molecule has 3 aromatic carbocycles. The molecule has 1 aromatic heterocycles. The van der Waals surface area contributed by atoms with E-state index in [0.29, 0.717) is 28.1 Å². The lowest BCUT2D eigenvalue weighted by Crippen LogP contribution is -2.13. The molecule has 172 valence electrons. The summed E-state index contributed by atoms with van der Waals surface area (Å²) in [4.78, 5) is 23.1. The Morgan fingerprint density at radius 2 is 1.82 bits per heavy atom. The van der Waals surface area contributed by atoms with Gasteiger partial charge in [0, 0.05) is 23.9 Å². The van der Waals surface area contributed by atoms with Crippen LogP contribution in [0.5, 0.6) is 5.75 Å². The van der Waals surface area contributed by atoms with Crippen molar-refractivity contribution in [3.63, 3.8) is 0 Å². The van der Waals surface area contributed by atoms with Crippen molar-refractivity contribution in [3.05, 3.63) is 116 Å². The van der Waals surface area contributed by atoms with Crippen LogP contribution in [0.2, 0.25) is 0 Å². The van der Waals surface area contributed by atoms with Crippen LogP contribution in [0, 0.1) is 17.0 Å². The van der Waals surface area contributed by atoms with E-state index < -0.39 is 4.92 Å². The third kappa shape index (κ3) is 5.87. The van der Waals surface area contributed by atoms with E-state index in [2.05, 4.69) is 38.5 Å². The van der Waals surface area contributed by atoms with E-state index >= 15 is 0 Å². The molecule has 4 rings (SSSR count). The number of aryl methyl sites for hydroxylation is 1. The number of benzene rings is 3. The average Bonchev–Trinajstić information content (AvgIpc) is 3.18. The second-order valence-corrected chi connectivity index (χ2v) is 8.56. The van der Waals surface area contributed by atoms with Crippen LogP contribution >= 0.6 is 15.9 Å². The smallest absolute Gasteiger partial charge is 0.269 e. The van der Waals surface area contributed by atoms with Crippen molar-refractivity contribution < 1.29 is 14.5 Å². The summed E-state index contributed by atoms with van der Waals surface area (Å²) in [6, 6.07) is 21.1. The van der Waals surface area contributed by atoms with Gasteiger partial charge < -0.3 is 10.1 Å². The first-order valence-electron chi connectivity index (χ1n) is 10.4. The maximum absolute atomic E-state index is 12.8. The molecule has 1 amide bonds. The average molecular weight is 521 g/mol. The number of hydrogen-bond acceptors (Lipinski definition) is 5. The molecule has 1 N–H and O–H groups in total. The van der Waals surface area contributed by atoms with Gasteiger partial charge in [-0.3, -0.25) is 19.6 Å². The van der Waals surface area contributed by atoms with Gasteiger partial charge in [0.05, 0.1) is 15.9 Å². The molecular weight excluding hydrogens is 500 g/mol. The SMILES string of the molecule is Cc1ccc(Cn2cc(Br)c(NC(=O)c3cccc(COc4ccc([N+](=O)[O-])cc4)c3)n2)cc1. The molecule has 0 saturated carbocycles. The monoisotopic (exact) mass is 520 g/mol. The first kappa shape index (κ1) is 23.2. The summed E-state index contributed by atoms with van der Waals surface area (Å²) in [5.41, 5.74) is 3.55. The van der Waals surface area contributed by atoms with E-state index in [0.717, 1.165) is 11.1 Å². The Labute approximate surface area is 204 Å². The highest BCUT2D eigenvalue weighted by atomic mass is 79.9. The summed E-state index contributed by atoms with van der Waals surface area (Å²) in [7, 11) is 0. The van der Waals surface area contributed by atoms with E-state index in [9.17, 15) is 14.9 Å². The lowest BCUT2D eigenvalue weighted by Gasteiger charge is -2.08. The highest BCUT2D eigenvalue weighted by Crippen LogP contribution is 2.22. The summed E-state index contributed by atoms with van der Waals surface area (Å²) in [5.74, 6) is 0.645. The first-order chi connectivity index (χ1) is 16.4. The maximum Gasteiger partial charge on any atom is 0.269 e. The summed E-state index contributed by atoms with van der Waals surface area (Å²) in [6.45, 7) is 2.84. The van der Waals surface area contributed by atoms with E-state index in [1.165, 1.54) is 17.7 Å². The van der Waals surface area contributed by atoms with Gasteiger partial charge in [0.15, 0.2) is 5.82 Å². The minimum Gasteiger partial charge on any atom is -0.489 e. The van der Waals surface area contributed by atoms with Crippen LogP contribution in [-0.2, 0) is 13.2 Å². The third-order valence-electron chi connectivity index (χ3n) is 5.06. The molecule has 0 fully saturated rings. The molecule has 0 aliphatic rings. The maximum atomic E-state index is 12.8. The van der Waals surface area contributed by atoms with Crippen LogP contribution in [-0.4, -0.2) is 20.6 Å². The molecule has 34 heavy (non-hydrogen) atoms. The van der Waals surface area contributed by atoms with Crippen molar-refractivity contribution in [2.24, 2.45) is 0 Å². The zero-order valence-electron chi connectivity index (χ0n) is 18.3. The number of amides is 1. The molecule has 0 bridgehead atoms. The predicted molar refractivity (Wildman–Crippen MR) is 132 cm³/mol. The van der Waals surface area contributed by atoms with Gasteiger partial charge in [0.2, 0.25) is 0 Å². The molecule has 1 heterocycles. The number of nitrogens with one attached hydrogen (secondary N) is 1. The Morgan fingerprint density at radius 3 is 2.53 bits per heavy atom. The first-order valence-corrected chi connectivity index (χ1v) is 11.2. The number of rotatable bonds is 8. The number of nitrogens with zero attached hydrogens (tertiary/aromatic N) is 3. The Kier molecular flexibility index (Phi) is 7.03. The number of aromatic nitrogens is 2. The topological polar surface area (TPSA) is 99.3 Å². The quantitative estimate of drug-likeness (QED) is 0.236. The summed E-state index contributed by atoms with van der Waals surface area (Å²) < 4.78 is 8.14. The van der Waals surface area contributed by atoms with Gasteiger partial charge in [-0.1, -0.05) is 42.0 Å². The largest absolute Gasteiger partial charge is 0.489 e. The Hall–Kier alpha value is -3.98. The molecule has 0 spiro atoms. The molecule has 0 saturated heterocycles. The molecule has 4 aromatic rings. The van der Waals surface area contributed by atoms with Gasteiger partial charge in [-0.25, -0.2) is 0 Å². The van der Waals surface area contributed by atoms with Crippen molar-refractivity contribution in [2.75, 3.05) is 5.32 Å². The number of nitro benzene ring substituents is 1. The van der Waals surface area contributed by atoms with E-state index in [1.54, 1.807) is 35.0 Å². The fourth-order valence-electron chi connectivity index (χ4n) is 3.26. The minimum absolute atomic E-state index is 0.00140. The van der Waals surface area contributed by atoms with E-state index in [-0.39, 0.29) is 18.2 Å². The van der Waals surface area contributed by atoms with Gasteiger partial charge in [0.25, 0.3) is 11.6 Å². The number of anilines is 1. The molecule has 0 unspecified atom stereocenters. The van der Waals surface area contributed by atoms with Crippen molar-refractivity contribution >= 4 is 33.3 Å². The number of non-ortho nitro benzene ring substituents is 1. The summed E-state index contributed by atoms with van der Waals surface area (Å²) in [6.07, 6.45) is 1.82. The predicted octanol–water partition coefficient (Wildman–Crippen LogP) is 5.74. The Bertz CT molecular complexity index is 1320. The summed E-state index contributed by atoms with van der Waals surface area (Å²) in [5, 5.41) is 18.1. The fourth-order valence-corrected chi connectivity index (χ4v) is 3.67. The number of carbonyl (C=O) groups is 1. The second-order valence-electron chi connectivity index (χ2n) is 7.70. The lowest BCUT2D eigenvalue weighted by atomic mass is 10.1. The highest BCUT2D eigenvalue weighted by Gasteiger charge is 2.13. The number of hydrogen-bond donors (Lipinski definition) is 1. The van der Waals surface area contributed by atoms with Gasteiger partial charge in [-0.15, -0.1) is 0 Å². The van der Waals surface area contributed by atoms with Gasteiger partial charge in [-0.05, 0) is 58.2 Å². The molecule has 0 aliphatic carbocycles. The number of nitro groups is 1. The molecule has 8 nitrogen and oxygen atoms in total. The van der Waals surface area contributed by atoms with Crippen molar-refractivity contribution in [3.8, 4) is 5.75 Å². The zero-order chi connectivity index (χ0) is 24.1. The van der Waals surface area contributed by atoms with Crippen LogP contribution in [0.25, 0.3) is 0 Å². The van der Waals surface area contributed by atoms with Crippen LogP contribution in [0.4, 0.5) is 11.5 Å². The normalized spacial score (nSPS) is 10.6. The van der Waals surface area contributed by atoms with Crippen LogP contribution in [0.1, 0.15) is 27.0 Å². The minimum atomic E-state index is -0.463. The number of halogens is 1. The third-order valence-corrected chi connectivity index (χ3v) is 5.64. The van der Waals surface area contributed by atoms with Gasteiger partial charge in [-0.2, -0.15) is 5.10 Å². The second kappa shape index (κ2) is 10.3. The molecule has 0 atom stereocenters. The molecule has 9 heteroatoms. The summed E-state index contributed by atoms with van der Waals surface area (Å²) >= 11 is 3.46. The fraction of sp³-hybridized carbons (Fsp3) is 0.120. The Morgan fingerprint density at radius 1 is 1.09 bits per heavy atom. The van der Waals surface area contributed by atoms with Crippen LogP contribution in [0.3, 0.4) is 0 Å². The lowest BCUT2D eigenvalue weighted by molar-refractivity contribution is -0.384. The molecule has 0 radical (unpaired) electrons. The molecule has 0 aliphatic heterocycles. The van der Waals surface area contributed by atoms with Gasteiger partial charge >= 0.3 is 0 Å². The standard InChI is InChI=1S/C25H21BrN4O4/c1-17-5-7-18(8-6-17)14-29-15-23(26)24(28-29)27-25(31)20-4-2-3-19(13-20)16-34-22-11-9-21(10-12-22)30(32)33/h2-13,15H,14,16H2,1H3,(H,27,28,31). The number of ether oxygens (including phenoxy) is 1. The van der Waals surface area contributed by atoms with E-state index in [4.69, 9.17) is 4.74 Å². The van der Waals surface area contributed by atoms with Crippen molar-refractivity contribution in [1.82, 2.24) is 9.78 Å².